The first-order valence-corrected chi connectivity index (χ1v) is 11.8. The van der Waals surface area contributed by atoms with E-state index in [4.69, 9.17) is 27.9 Å². The summed E-state index contributed by atoms with van der Waals surface area (Å²) in [5.74, 6) is 0. The maximum atomic E-state index is 12.6. The van der Waals surface area contributed by atoms with Gasteiger partial charge in [0.15, 0.2) is 0 Å². The molecule has 0 unspecified atom stereocenters. The van der Waals surface area contributed by atoms with Crippen LogP contribution in [0.15, 0.2) is 42.7 Å². The number of pyridine rings is 1. The third kappa shape index (κ3) is 6.56. The van der Waals surface area contributed by atoms with Crippen LogP contribution in [0.3, 0.4) is 0 Å². The molecule has 2 aromatic rings. The van der Waals surface area contributed by atoms with Crippen LogP contribution >= 0.6 is 23.2 Å². The van der Waals surface area contributed by atoms with Gasteiger partial charge in [-0.05, 0) is 42.3 Å². The van der Waals surface area contributed by atoms with E-state index in [0.29, 0.717) is 28.8 Å². The van der Waals surface area contributed by atoms with Crippen LogP contribution in [0, 0.1) is 0 Å². The van der Waals surface area contributed by atoms with Crippen molar-refractivity contribution in [3.63, 3.8) is 0 Å². The Morgan fingerprint density at radius 3 is 2.56 bits per heavy atom. The molecule has 0 spiro atoms. The molecule has 4 rings (SSSR count). The number of anilines is 1. The molecule has 3 heterocycles. The molecule has 0 bridgehead atoms. The van der Waals surface area contributed by atoms with E-state index in [-0.39, 0.29) is 12.1 Å². The average molecular weight is 478 g/mol. The minimum atomic E-state index is -0.112. The Kier molecular flexibility index (Phi) is 8.21. The van der Waals surface area contributed by atoms with Crippen molar-refractivity contribution in [2.75, 3.05) is 64.3 Å². The van der Waals surface area contributed by atoms with Crippen LogP contribution in [0.1, 0.15) is 5.56 Å². The Morgan fingerprint density at radius 2 is 1.81 bits per heavy atom. The summed E-state index contributed by atoms with van der Waals surface area (Å²) in [6.07, 6.45) is 4.93. The first kappa shape index (κ1) is 23.3. The van der Waals surface area contributed by atoms with Crippen LogP contribution in [0.4, 0.5) is 10.5 Å². The first-order valence-electron chi connectivity index (χ1n) is 11.0. The summed E-state index contributed by atoms with van der Waals surface area (Å²) in [5.41, 5.74) is 1.97. The van der Waals surface area contributed by atoms with Crippen molar-refractivity contribution in [1.29, 1.82) is 0 Å². The zero-order chi connectivity index (χ0) is 22.3. The van der Waals surface area contributed by atoms with Crippen molar-refractivity contribution < 1.29 is 9.53 Å². The molecule has 32 heavy (non-hydrogen) atoms. The summed E-state index contributed by atoms with van der Waals surface area (Å²) in [6.45, 7) is 7.68. The molecule has 1 atom stereocenters. The van der Waals surface area contributed by atoms with Crippen molar-refractivity contribution in [3.05, 3.63) is 58.3 Å². The zero-order valence-electron chi connectivity index (χ0n) is 18.1. The number of amides is 2. The second-order valence-electron chi connectivity index (χ2n) is 8.25. The number of nitrogens with zero attached hydrogens (tertiary/aromatic N) is 4. The van der Waals surface area contributed by atoms with Gasteiger partial charge in [0.1, 0.15) is 0 Å². The van der Waals surface area contributed by atoms with Gasteiger partial charge in [-0.15, -0.1) is 0 Å². The van der Waals surface area contributed by atoms with Gasteiger partial charge < -0.3 is 15.0 Å². The van der Waals surface area contributed by atoms with E-state index in [1.807, 2.05) is 17.3 Å². The molecular weight excluding hydrogens is 449 g/mol. The fourth-order valence-corrected chi connectivity index (χ4v) is 4.43. The van der Waals surface area contributed by atoms with Gasteiger partial charge in [-0.2, -0.15) is 0 Å². The van der Waals surface area contributed by atoms with Crippen LogP contribution in [0.2, 0.25) is 10.0 Å². The molecule has 1 N–H and O–H groups in total. The normalized spacial score (nSPS) is 20.3. The molecule has 172 valence electrons. The highest BCUT2D eigenvalue weighted by atomic mass is 35.5. The van der Waals surface area contributed by atoms with E-state index in [1.54, 1.807) is 18.2 Å². The highest BCUT2D eigenvalue weighted by Gasteiger charge is 2.26. The topological polar surface area (TPSA) is 60.9 Å². The molecule has 2 amide bonds. The van der Waals surface area contributed by atoms with E-state index in [0.717, 1.165) is 52.3 Å². The molecule has 7 nitrogen and oxygen atoms in total. The van der Waals surface area contributed by atoms with Crippen LogP contribution in [0.5, 0.6) is 0 Å². The predicted octanol–water partition coefficient (Wildman–Crippen LogP) is 3.48. The molecule has 0 radical (unpaired) electrons. The third-order valence-electron chi connectivity index (χ3n) is 5.98. The van der Waals surface area contributed by atoms with Gasteiger partial charge >= 0.3 is 6.03 Å². The summed E-state index contributed by atoms with van der Waals surface area (Å²) in [4.78, 5) is 23.4. The lowest BCUT2D eigenvalue weighted by atomic mass is 10.1. The molecule has 2 saturated heterocycles. The van der Waals surface area contributed by atoms with Crippen LogP contribution in [-0.4, -0.2) is 90.8 Å². The summed E-state index contributed by atoms with van der Waals surface area (Å²) < 4.78 is 6.03. The van der Waals surface area contributed by atoms with E-state index in [2.05, 4.69) is 32.2 Å². The van der Waals surface area contributed by atoms with Crippen molar-refractivity contribution >= 4 is 34.9 Å². The molecule has 2 aliphatic rings. The Morgan fingerprint density at radius 1 is 1.03 bits per heavy atom. The van der Waals surface area contributed by atoms with Gasteiger partial charge in [0.2, 0.25) is 0 Å². The van der Waals surface area contributed by atoms with Gasteiger partial charge in [-0.1, -0.05) is 23.2 Å². The quantitative estimate of drug-likeness (QED) is 0.689. The molecular formula is C23H29Cl2N5O2. The van der Waals surface area contributed by atoms with E-state index in [1.165, 1.54) is 5.56 Å². The maximum absolute atomic E-state index is 12.6. The Bertz CT molecular complexity index is 893. The van der Waals surface area contributed by atoms with Crippen molar-refractivity contribution in [3.8, 4) is 0 Å². The van der Waals surface area contributed by atoms with Gasteiger partial charge in [-0.25, -0.2) is 4.79 Å². The molecule has 1 aromatic heterocycles. The van der Waals surface area contributed by atoms with Crippen LogP contribution in [-0.2, 0) is 11.2 Å². The third-order valence-corrected chi connectivity index (χ3v) is 6.72. The number of urea groups is 1. The zero-order valence-corrected chi connectivity index (χ0v) is 19.6. The monoisotopic (exact) mass is 477 g/mol. The molecule has 9 heteroatoms. The minimum absolute atomic E-state index is 0.112. The largest absolute Gasteiger partial charge is 0.374 e. The number of halogens is 2. The lowest BCUT2D eigenvalue weighted by Crippen LogP contribution is -2.54. The lowest BCUT2D eigenvalue weighted by Gasteiger charge is -2.39. The summed E-state index contributed by atoms with van der Waals surface area (Å²) in [5, 5.41) is 3.80. The smallest absolute Gasteiger partial charge is 0.321 e. The standard InChI is InChI=1S/C23H29Cl2N5O2/c24-21-2-1-19(15-22(21)25)27-23(31)30-11-9-29(10-12-30)17-20-16-28(13-14-32-20)8-5-18-3-6-26-7-4-18/h1-4,6-7,15,20H,5,8-14,16-17H2,(H,27,31)/t20-/m1/s1. The highest BCUT2D eigenvalue weighted by Crippen LogP contribution is 2.25. The van der Waals surface area contributed by atoms with Crippen molar-refractivity contribution in [2.45, 2.75) is 12.5 Å². The van der Waals surface area contributed by atoms with Gasteiger partial charge in [0, 0.05) is 70.4 Å². The Hall–Kier alpha value is -1.90. The Labute approximate surface area is 199 Å². The number of carbonyl (C=O) groups is 1. The van der Waals surface area contributed by atoms with Gasteiger partial charge in [0.05, 0.1) is 22.8 Å². The number of hydrogen-bond donors (Lipinski definition) is 1. The number of morpholine rings is 1. The van der Waals surface area contributed by atoms with Gasteiger partial charge in [0.25, 0.3) is 0 Å². The fraction of sp³-hybridized carbons (Fsp3) is 0.478. The van der Waals surface area contributed by atoms with Crippen molar-refractivity contribution in [1.82, 2.24) is 19.7 Å². The van der Waals surface area contributed by atoms with E-state index in [9.17, 15) is 4.79 Å². The molecule has 2 fully saturated rings. The predicted molar refractivity (Wildman–Crippen MR) is 128 cm³/mol. The fourth-order valence-electron chi connectivity index (χ4n) is 4.13. The lowest BCUT2D eigenvalue weighted by molar-refractivity contribution is -0.0464. The van der Waals surface area contributed by atoms with E-state index >= 15 is 0 Å². The number of nitrogens with one attached hydrogen (secondary N) is 1. The van der Waals surface area contributed by atoms with Gasteiger partial charge in [-0.3, -0.25) is 14.8 Å². The number of ether oxygens (including phenoxy) is 1. The van der Waals surface area contributed by atoms with E-state index < -0.39 is 0 Å². The van der Waals surface area contributed by atoms with Crippen LogP contribution in [0.25, 0.3) is 0 Å². The minimum Gasteiger partial charge on any atom is -0.374 e. The molecule has 0 saturated carbocycles. The SMILES string of the molecule is O=C(Nc1ccc(Cl)c(Cl)c1)N1CCN(C[C@H]2CN(CCc3ccncc3)CCO2)CC1. The van der Waals surface area contributed by atoms with Crippen LogP contribution < -0.4 is 5.32 Å². The van der Waals surface area contributed by atoms with Crippen molar-refractivity contribution in [2.24, 2.45) is 0 Å². The number of benzene rings is 1. The molecule has 0 aliphatic carbocycles. The summed E-state index contributed by atoms with van der Waals surface area (Å²) in [6, 6.07) is 9.15. The number of rotatable bonds is 6. The number of hydrogen-bond acceptors (Lipinski definition) is 5. The summed E-state index contributed by atoms with van der Waals surface area (Å²) in [7, 11) is 0. The Balaban J connectivity index is 1.18. The number of aromatic nitrogens is 1. The molecule has 1 aromatic carbocycles. The molecule has 2 aliphatic heterocycles. The first-order chi connectivity index (χ1) is 15.6. The highest BCUT2D eigenvalue weighted by molar-refractivity contribution is 6.42. The average Bonchev–Trinajstić information content (AvgIpc) is 2.81. The maximum Gasteiger partial charge on any atom is 0.321 e. The second kappa shape index (κ2) is 11.3. The number of piperazine rings is 1. The summed E-state index contributed by atoms with van der Waals surface area (Å²) >= 11 is 12.0. The number of carbonyl (C=O) groups excluding carboxylic acids is 1. The second-order valence-corrected chi connectivity index (χ2v) is 9.06.